The Hall–Kier alpha value is -2.54. The molecule has 0 aromatic heterocycles. The van der Waals surface area contributed by atoms with Gasteiger partial charge in [0, 0.05) is 5.02 Å². The Kier molecular flexibility index (Phi) is 6.24. The molecule has 0 aliphatic heterocycles. The number of hydrogen-bond acceptors (Lipinski definition) is 3. The first-order chi connectivity index (χ1) is 13.4. The number of para-hydroxylation sites is 1. The van der Waals surface area contributed by atoms with Gasteiger partial charge in [-0.05, 0) is 42.5 Å². The van der Waals surface area contributed by atoms with E-state index in [1.165, 1.54) is 18.2 Å². The summed E-state index contributed by atoms with van der Waals surface area (Å²) in [4.78, 5) is 12.7. The highest BCUT2D eigenvalue weighted by Gasteiger charge is 2.27. The topological polar surface area (TPSA) is 66.5 Å². The third kappa shape index (κ3) is 4.65. The van der Waals surface area contributed by atoms with E-state index in [0.29, 0.717) is 21.4 Å². The van der Waals surface area contributed by atoms with E-state index in [2.05, 4.69) is 5.32 Å². The second kappa shape index (κ2) is 8.65. The fourth-order valence-corrected chi connectivity index (χ4v) is 4.32. The Morgan fingerprint density at radius 2 is 1.50 bits per heavy atom. The van der Waals surface area contributed by atoms with E-state index in [-0.39, 0.29) is 4.90 Å². The largest absolute Gasteiger partial charge is 0.323 e. The predicted octanol–water partition coefficient (Wildman–Crippen LogP) is 4.83. The van der Waals surface area contributed by atoms with Crippen LogP contribution in [0.5, 0.6) is 0 Å². The van der Waals surface area contributed by atoms with E-state index < -0.39 is 22.5 Å². The average molecular weight is 435 g/mol. The minimum atomic E-state index is -3.95. The number of carbonyl (C=O) groups is 1. The molecule has 1 N–H and O–H groups in total. The lowest BCUT2D eigenvalue weighted by Gasteiger charge is -2.24. The van der Waals surface area contributed by atoms with Crippen molar-refractivity contribution in [1.29, 1.82) is 0 Å². The van der Waals surface area contributed by atoms with Gasteiger partial charge in [0.1, 0.15) is 6.54 Å². The maximum Gasteiger partial charge on any atom is 0.264 e. The number of benzene rings is 3. The second-order valence-electron chi connectivity index (χ2n) is 5.83. The van der Waals surface area contributed by atoms with Crippen LogP contribution in [0.15, 0.2) is 83.8 Å². The van der Waals surface area contributed by atoms with E-state index in [0.717, 1.165) is 4.31 Å². The zero-order valence-electron chi connectivity index (χ0n) is 14.5. The lowest BCUT2D eigenvalue weighted by atomic mass is 10.3. The molecule has 3 rings (SSSR count). The molecule has 3 aromatic rings. The minimum Gasteiger partial charge on any atom is -0.323 e. The Labute approximate surface area is 173 Å². The van der Waals surface area contributed by atoms with Gasteiger partial charge in [0.05, 0.1) is 21.3 Å². The summed E-state index contributed by atoms with van der Waals surface area (Å²) in [5, 5.41) is 3.31. The van der Waals surface area contributed by atoms with Crippen molar-refractivity contribution in [1.82, 2.24) is 0 Å². The molecule has 0 heterocycles. The third-order valence-corrected chi connectivity index (χ3v) is 6.22. The molecule has 0 aliphatic carbocycles. The Morgan fingerprint density at radius 1 is 0.893 bits per heavy atom. The highest BCUT2D eigenvalue weighted by molar-refractivity contribution is 7.92. The first-order valence-electron chi connectivity index (χ1n) is 8.25. The summed E-state index contributed by atoms with van der Waals surface area (Å²) in [5.74, 6) is -0.549. The molecule has 5 nitrogen and oxygen atoms in total. The molecule has 0 unspecified atom stereocenters. The van der Waals surface area contributed by atoms with E-state index in [1.54, 1.807) is 60.7 Å². The van der Waals surface area contributed by atoms with E-state index in [4.69, 9.17) is 23.2 Å². The monoisotopic (exact) mass is 434 g/mol. The molecule has 1 amide bonds. The van der Waals surface area contributed by atoms with Gasteiger partial charge in [0.2, 0.25) is 5.91 Å². The van der Waals surface area contributed by atoms with Crippen LogP contribution in [0.4, 0.5) is 11.4 Å². The standard InChI is InChI=1S/C20H16Cl2N2O3S/c21-15-11-12-18(22)19(13-15)23-20(25)14-24(16-7-3-1-4-8-16)28(26,27)17-9-5-2-6-10-17/h1-13H,14H2,(H,23,25). The molecule has 0 aliphatic rings. The van der Waals surface area contributed by atoms with Crippen molar-refractivity contribution in [2.75, 3.05) is 16.2 Å². The predicted molar refractivity (Wildman–Crippen MR) is 113 cm³/mol. The van der Waals surface area contributed by atoms with Crippen molar-refractivity contribution in [2.45, 2.75) is 4.90 Å². The molecule has 0 fully saturated rings. The molecular formula is C20H16Cl2N2O3S. The van der Waals surface area contributed by atoms with Crippen molar-refractivity contribution in [3.05, 3.63) is 88.9 Å². The van der Waals surface area contributed by atoms with E-state index >= 15 is 0 Å². The van der Waals surface area contributed by atoms with Crippen LogP contribution in [0.3, 0.4) is 0 Å². The summed E-state index contributed by atoms with van der Waals surface area (Å²) in [6.45, 7) is -0.427. The second-order valence-corrected chi connectivity index (χ2v) is 8.54. The zero-order chi connectivity index (χ0) is 20.1. The Morgan fingerprint density at radius 3 is 2.14 bits per heavy atom. The van der Waals surface area contributed by atoms with Crippen LogP contribution in [0, 0.1) is 0 Å². The van der Waals surface area contributed by atoms with Gasteiger partial charge in [0.15, 0.2) is 0 Å². The van der Waals surface area contributed by atoms with Crippen molar-refractivity contribution >= 4 is 50.5 Å². The van der Waals surface area contributed by atoms with Crippen LogP contribution in [-0.2, 0) is 14.8 Å². The van der Waals surface area contributed by atoms with Gasteiger partial charge in [-0.15, -0.1) is 0 Å². The summed E-state index contributed by atoms with van der Waals surface area (Å²) < 4.78 is 27.3. The van der Waals surface area contributed by atoms with Crippen LogP contribution in [0.25, 0.3) is 0 Å². The maximum absolute atomic E-state index is 13.1. The summed E-state index contributed by atoms with van der Waals surface area (Å²) >= 11 is 12.0. The zero-order valence-corrected chi connectivity index (χ0v) is 16.9. The third-order valence-electron chi connectivity index (χ3n) is 3.87. The smallest absolute Gasteiger partial charge is 0.264 e. The summed E-state index contributed by atoms with van der Waals surface area (Å²) in [7, 11) is -3.95. The van der Waals surface area contributed by atoms with Crippen LogP contribution >= 0.6 is 23.2 Å². The number of carbonyl (C=O) groups excluding carboxylic acids is 1. The minimum absolute atomic E-state index is 0.0902. The fourth-order valence-electron chi connectivity index (χ4n) is 2.54. The van der Waals surface area contributed by atoms with E-state index in [9.17, 15) is 13.2 Å². The normalized spacial score (nSPS) is 11.1. The molecule has 0 saturated heterocycles. The number of nitrogens with one attached hydrogen (secondary N) is 1. The lowest BCUT2D eigenvalue weighted by Crippen LogP contribution is -2.38. The van der Waals surface area contributed by atoms with Crippen LogP contribution in [0.2, 0.25) is 10.0 Å². The van der Waals surface area contributed by atoms with Gasteiger partial charge >= 0.3 is 0 Å². The SMILES string of the molecule is O=C(CN(c1ccccc1)S(=O)(=O)c1ccccc1)Nc1cc(Cl)ccc1Cl. The first-order valence-corrected chi connectivity index (χ1v) is 10.5. The number of anilines is 2. The number of hydrogen-bond donors (Lipinski definition) is 1. The van der Waals surface area contributed by atoms with Gasteiger partial charge in [-0.25, -0.2) is 8.42 Å². The number of halogens is 2. The van der Waals surface area contributed by atoms with Gasteiger partial charge in [0.25, 0.3) is 10.0 Å². The van der Waals surface area contributed by atoms with Crippen molar-refractivity contribution in [3.63, 3.8) is 0 Å². The van der Waals surface area contributed by atoms with Crippen molar-refractivity contribution < 1.29 is 13.2 Å². The molecule has 3 aromatic carbocycles. The molecule has 144 valence electrons. The van der Waals surface area contributed by atoms with Crippen LogP contribution in [-0.4, -0.2) is 20.9 Å². The molecule has 0 bridgehead atoms. The fraction of sp³-hybridized carbons (Fsp3) is 0.0500. The van der Waals surface area contributed by atoms with Gasteiger partial charge < -0.3 is 5.32 Å². The number of amides is 1. The molecule has 0 spiro atoms. The Balaban J connectivity index is 1.92. The van der Waals surface area contributed by atoms with Gasteiger partial charge in [-0.3, -0.25) is 9.10 Å². The number of rotatable bonds is 6. The highest BCUT2D eigenvalue weighted by atomic mass is 35.5. The van der Waals surface area contributed by atoms with Crippen LogP contribution in [0.1, 0.15) is 0 Å². The average Bonchev–Trinajstić information content (AvgIpc) is 2.70. The first kappa shape index (κ1) is 20.2. The number of sulfonamides is 1. The Bertz CT molecular complexity index is 1080. The molecule has 8 heteroatoms. The summed E-state index contributed by atoms with van der Waals surface area (Å²) in [5.41, 5.74) is 0.683. The summed E-state index contributed by atoms with van der Waals surface area (Å²) in [6, 6.07) is 21.0. The summed E-state index contributed by atoms with van der Waals surface area (Å²) in [6.07, 6.45) is 0. The quantitative estimate of drug-likeness (QED) is 0.603. The molecule has 28 heavy (non-hydrogen) atoms. The van der Waals surface area contributed by atoms with E-state index in [1.807, 2.05) is 0 Å². The lowest BCUT2D eigenvalue weighted by molar-refractivity contribution is -0.114. The number of nitrogens with zero attached hydrogens (tertiary/aromatic N) is 1. The highest BCUT2D eigenvalue weighted by Crippen LogP contribution is 2.27. The van der Waals surface area contributed by atoms with Crippen molar-refractivity contribution in [2.24, 2.45) is 0 Å². The van der Waals surface area contributed by atoms with Crippen molar-refractivity contribution in [3.8, 4) is 0 Å². The van der Waals surface area contributed by atoms with Gasteiger partial charge in [-0.1, -0.05) is 59.6 Å². The maximum atomic E-state index is 13.1. The molecule has 0 radical (unpaired) electrons. The molecule has 0 atom stereocenters. The molecule has 0 saturated carbocycles. The van der Waals surface area contributed by atoms with Gasteiger partial charge in [-0.2, -0.15) is 0 Å². The van der Waals surface area contributed by atoms with Crippen LogP contribution < -0.4 is 9.62 Å². The molecular weight excluding hydrogens is 419 g/mol.